The van der Waals surface area contributed by atoms with E-state index < -0.39 is 0 Å². The zero-order valence-corrected chi connectivity index (χ0v) is 12.7. The Kier molecular flexibility index (Phi) is 4.84. The SMILES string of the molecule is CC[C@@H](Sc1ccccc1)C(=O)Nc1c(C)noc1C. The molecular weight excluding hydrogens is 272 g/mol. The number of nitrogens with one attached hydrogen (secondary N) is 1. The van der Waals surface area contributed by atoms with Gasteiger partial charge in [0.15, 0.2) is 5.76 Å². The van der Waals surface area contributed by atoms with E-state index in [4.69, 9.17) is 4.52 Å². The number of nitrogens with zero attached hydrogens (tertiary/aromatic N) is 1. The number of carbonyl (C=O) groups excluding carboxylic acids is 1. The topological polar surface area (TPSA) is 55.1 Å². The Hall–Kier alpha value is -1.75. The summed E-state index contributed by atoms with van der Waals surface area (Å²) in [5.41, 5.74) is 1.39. The summed E-state index contributed by atoms with van der Waals surface area (Å²) in [4.78, 5) is 13.4. The third-order valence-electron chi connectivity index (χ3n) is 2.97. The molecule has 1 amide bonds. The van der Waals surface area contributed by atoms with Gasteiger partial charge in [0.1, 0.15) is 11.4 Å². The minimum absolute atomic E-state index is 0.0178. The first kappa shape index (κ1) is 14.7. The molecule has 0 radical (unpaired) electrons. The summed E-state index contributed by atoms with van der Waals surface area (Å²) in [5.74, 6) is 0.617. The summed E-state index contributed by atoms with van der Waals surface area (Å²) >= 11 is 1.57. The lowest BCUT2D eigenvalue weighted by Gasteiger charge is -2.14. The van der Waals surface area contributed by atoms with Crippen LogP contribution in [0.1, 0.15) is 24.8 Å². The van der Waals surface area contributed by atoms with E-state index in [1.807, 2.05) is 44.2 Å². The van der Waals surface area contributed by atoms with E-state index in [0.717, 1.165) is 11.3 Å². The molecule has 0 aliphatic heterocycles. The summed E-state index contributed by atoms with van der Waals surface area (Å²) in [7, 11) is 0. The molecule has 0 aliphatic rings. The second-order valence-corrected chi connectivity index (χ2v) is 5.79. The van der Waals surface area contributed by atoms with Crippen molar-refractivity contribution in [2.75, 3.05) is 5.32 Å². The van der Waals surface area contributed by atoms with Crippen LogP contribution in [0, 0.1) is 13.8 Å². The van der Waals surface area contributed by atoms with Gasteiger partial charge in [-0.15, -0.1) is 11.8 Å². The standard InChI is InChI=1S/C15H18N2O2S/c1-4-13(20-12-8-6-5-7-9-12)15(18)16-14-10(2)17-19-11(14)3/h5-9,13H,4H2,1-3H3,(H,16,18)/t13-/m1/s1. The molecule has 106 valence electrons. The normalized spacial score (nSPS) is 12.2. The molecule has 1 atom stereocenters. The largest absolute Gasteiger partial charge is 0.359 e. The number of rotatable bonds is 5. The molecule has 0 aliphatic carbocycles. The van der Waals surface area contributed by atoms with Gasteiger partial charge in [-0.05, 0) is 32.4 Å². The fraction of sp³-hybridized carbons (Fsp3) is 0.333. The third-order valence-corrected chi connectivity index (χ3v) is 4.34. The molecule has 0 spiro atoms. The molecule has 1 N–H and O–H groups in total. The predicted octanol–water partition coefficient (Wildman–Crippen LogP) is 3.80. The van der Waals surface area contributed by atoms with Crippen molar-refractivity contribution >= 4 is 23.4 Å². The van der Waals surface area contributed by atoms with Crippen molar-refractivity contribution in [1.29, 1.82) is 0 Å². The quantitative estimate of drug-likeness (QED) is 0.851. The maximum atomic E-state index is 12.3. The highest BCUT2D eigenvalue weighted by atomic mass is 32.2. The lowest BCUT2D eigenvalue weighted by atomic mass is 10.2. The number of anilines is 1. The van der Waals surface area contributed by atoms with Crippen LogP contribution in [0.5, 0.6) is 0 Å². The Morgan fingerprint density at radius 1 is 1.35 bits per heavy atom. The molecule has 1 heterocycles. The molecule has 20 heavy (non-hydrogen) atoms. The van der Waals surface area contributed by atoms with Crippen LogP contribution in [0.3, 0.4) is 0 Å². The fourth-order valence-corrected chi connectivity index (χ4v) is 2.83. The van der Waals surface area contributed by atoms with Crippen molar-refractivity contribution in [3.63, 3.8) is 0 Å². The van der Waals surface area contributed by atoms with Gasteiger partial charge in [-0.3, -0.25) is 4.79 Å². The number of aryl methyl sites for hydroxylation is 2. The molecule has 4 nitrogen and oxygen atoms in total. The Balaban J connectivity index is 2.06. The van der Waals surface area contributed by atoms with E-state index in [-0.39, 0.29) is 11.2 Å². The van der Waals surface area contributed by atoms with Crippen LogP contribution in [-0.4, -0.2) is 16.3 Å². The first-order valence-electron chi connectivity index (χ1n) is 6.57. The molecular formula is C15H18N2O2S. The molecule has 2 rings (SSSR count). The molecule has 1 aromatic heterocycles. The number of amides is 1. The highest BCUT2D eigenvalue weighted by Gasteiger charge is 2.20. The van der Waals surface area contributed by atoms with Crippen molar-refractivity contribution in [3.05, 3.63) is 41.8 Å². The van der Waals surface area contributed by atoms with Gasteiger partial charge in [0.2, 0.25) is 5.91 Å². The van der Waals surface area contributed by atoms with Crippen molar-refractivity contribution in [2.45, 2.75) is 37.3 Å². The summed E-state index contributed by atoms with van der Waals surface area (Å²) in [6, 6.07) is 9.93. The number of carbonyl (C=O) groups is 1. The Morgan fingerprint density at radius 2 is 2.05 bits per heavy atom. The van der Waals surface area contributed by atoms with Crippen molar-refractivity contribution in [2.24, 2.45) is 0 Å². The second-order valence-electron chi connectivity index (χ2n) is 4.52. The minimum atomic E-state index is -0.133. The van der Waals surface area contributed by atoms with E-state index in [9.17, 15) is 4.79 Å². The Morgan fingerprint density at radius 3 is 2.60 bits per heavy atom. The molecule has 1 aromatic carbocycles. The average molecular weight is 290 g/mol. The minimum Gasteiger partial charge on any atom is -0.359 e. The van der Waals surface area contributed by atoms with Crippen LogP contribution in [-0.2, 0) is 4.79 Å². The van der Waals surface area contributed by atoms with Gasteiger partial charge in [0, 0.05) is 4.90 Å². The number of thioether (sulfide) groups is 1. The van der Waals surface area contributed by atoms with Crippen LogP contribution in [0.25, 0.3) is 0 Å². The van der Waals surface area contributed by atoms with E-state index in [2.05, 4.69) is 10.5 Å². The maximum absolute atomic E-state index is 12.3. The van der Waals surface area contributed by atoms with E-state index in [0.29, 0.717) is 17.1 Å². The van der Waals surface area contributed by atoms with Crippen LogP contribution in [0.15, 0.2) is 39.8 Å². The molecule has 0 unspecified atom stereocenters. The highest BCUT2D eigenvalue weighted by molar-refractivity contribution is 8.00. The lowest BCUT2D eigenvalue weighted by Crippen LogP contribution is -2.25. The van der Waals surface area contributed by atoms with E-state index in [1.165, 1.54) is 0 Å². The van der Waals surface area contributed by atoms with Crippen molar-refractivity contribution in [3.8, 4) is 0 Å². The third kappa shape index (κ3) is 3.42. The number of benzene rings is 1. The average Bonchev–Trinajstić information content (AvgIpc) is 2.77. The van der Waals surface area contributed by atoms with E-state index in [1.54, 1.807) is 18.7 Å². The van der Waals surface area contributed by atoms with Gasteiger partial charge in [-0.25, -0.2) is 0 Å². The molecule has 0 saturated carbocycles. The van der Waals surface area contributed by atoms with Crippen molar-refractivity contribution < 1.29 is 9.32 Å². The molecule has 2 aromatic rings. The van der Waals surface area contributed by atoms with Gasteiger partial charge in [0.05, 0.1) is 5.25 Å². The summed E-state index contributed by atoms with van der Waals surface area (Å²) < 4.78 is 5.06. The fourth-order valence-electron chi connectivity index (χ4n) is 1.85. The van der Waals surface area contributed by atoms with Crippen LogP contribution >= 0.6 is 11.8 Å². The summed E-state index contributed by atoms with van der Waals surface area (Å²) in [6.07, 6.45) is 0.759. The van der Waals surface area contributed by atoms with Gasteiger partial charge in [0.25, 0.3) is 0 Å². The number of hydrogen-bond acceptors (Lipinski definition) is 4. The molecule has 0 fully saturated rings. The zero-order valence-electron chi connectivity index (χ0n) is 11.8. The van der Waals surface area contributed by atoms with Crippen LogP contribution in [0.4, 0.5) is 5.69 Å². The zero-order chi connectivity index (χ0) is 14.5. The summed E-state index contributed by atoms with van der Waals surface area (Å²) in [5, 5.41) is 6.62. The van der Waals surface area contributed by atoms with Crippen molar-refractivity contribution in [1.82, 2.24) is 5.16 Å². The van der Waals surface area contributed by atoms with Gasteiger partial charge in [-0.1, -0.05) is 30.3 Å². The maximum Gasteiger partial charge on any atom is 0.237 e. The smallest absolute Gasteiger partial charge is 0.237 e. The van der Waals surface area contributed by atoms with Gasteiger partial charge >= 0.3 is 0 Å². The van der Waals surface area contributed by atoms with Crippen LogP contribution < -0.4 is 5.32 Å². The Labute approximate surface area is 122 Å². The Bertz CT molecular complexity index is 561. The van der Waals surface area contributed by atoms with E-state index >= 15 is 0 Å². The first-order chi connectivity index (χ1) is 9.61. The number of hydrogen-bond donors (Lipinski definition) is 1. The second kappa shape index (κ2) is 6.61. The highest BCUT2D eigenvalue weighted by Crippen LogP contribution is 2.27. The van der Waals surface area contributed by atoms with Crippen LogP contribution in [0.2, 0.25) is 0 Å². The first-order valence-corrected chi connectivity index (χ1v) is 7.45. The molecule has 5 heteroatoms. The summed E-state index contributed by atoms with van der Waals surface area (Å²) in [6.45, 7) is 5.62. The lowest BCUT2D eigenvalue weighted by molar-refractivity contribution is -0.115. The predicted molar refractivity (Wildman–Crippen MR) is 81.0 cm³/mol. The number of aromatic nitrogens is 1. The van der Waals surface area contributed by atoms with Gasteiger partial charge in [-0.2, -0.15) is 0 Å². The molecule has 0 saturated heterocycles. The molecule has 0 bridgehead atoms. The monoisotopic (exact) mass is 290 g/mol. The van der Waals surface area contributed by atoms with Gasteiger partial charge < -0.3 is 9.84 Å².